The van der Waals surface area contributed by atoms with Crippen LogP contribution in [0.5, 0.6) is 46.0 Å². The van der Waals surface area contributed by atoms with Gasteiger partial charge in [0, 0.05) is 5.56 Å². The van der Waals surface area contributed by atoms with E-state index in [1.54, 1.807) is 0 Å². The molecular weight excluding hydrogens is 713 g/mol. The Kier molecular flexibility index (Phi) is 10.5. The van der Waals surface area contributed by atoms with E-state index in [0.717, 1.165) is 44.9 Å². The monoisotopic (exact) mass is 750 g/mol. The molecule has 278 valence electrons. The molecule has 0 fully saturated rings. The second-order valence-electron chi connectivity index (χ2n) is 13.7. The molecule has 9 aromatic rings. The molecule has 4 heteroatoms. The lowest BCUT2D eigenvalue weighted by Crippen LogP contribution is -1.97. The maximum absolute atomic E-state index is 6.96. The predicted octanol–water partition coefficient (Wildman–Crippen LogP) is 15.5. The van der Waals surface area contributed by atoms with Crippen molar-refractivity contribution in [1.29, 1.82) is 0 Å². The standard InChI is InChI=1S/C54H38O4/c1-5-17-39(18-6-1)42-23-15-24-43(37-42)44-25-16-28-48(38-44)55-46-31-33-47(34-32-46)57-52-36-35-49(40-19-7-2-8-20-40)54(53(52)41-21-9-3-10-22-41)58-51-30-14-13-29-50(51)56-45-26-11-4-12-27-45/h1-38H. The van der Waals surface area contributed by atoms with Gasteiger partial charge in [-0.05, 0) is 112 Å². The van der Waals surface area contributed by atoms with Gasteiger partial charge in [0.15, 0.2) is 11.5 Å². The van der Waals surface area contributed by atoms with Crippen LogP contribution in [0.3, 0.4) is 0 Å². The van der Waals surface area contributed by atoms with Crippen molar-refractivity contribution in [3.63, 3.8) is 0 Å². The quantitative estimate of drug-likeness (QED) is 0.125. The van der Waals surface area contributed by atoms with E-state index in [4.69, 9.17) is 18.9 Å². The highest BCUT2D eigenvalue weighted by Crippen LogP contribution is 2.49. The summed E-state index contributed by atoms with van der Waals surface area (Å²) in [4.78, 5) is 0. The first-order valence-electron chi connectivity index (χ1n) is 19.2. The molecule has 0 aliphatic rings. The Labute approximate surface area is 338 Å². The molecule has 0 bridgehead atoms. The third-order valence-electron chi connectivity index (χ3n) is 9.72. The fourth-order valence-electron chi connectivity index (χ4n) is 6.91. The summed E-state index contributed by atoms with van der Waals surface area (Å²) >= 11 is 0. The Balaban J connectivity index is 1.03. The van der Waals surface area contributed by atoms with Crippen LogP contribution < -0.4 is 18.9 Å². The van der Waals surface area contributed by atoms with Gasteiger partial charge in [0.05, 0.1) is 5.56 Å². The summed E-state index contributed by atoms with van der Waals surface area (Å²) in [5.41, 5.74) is 8.24. The second kappa shape index (κ2) is 16.9. The molecule has 0 aromatic heterocycles. The first kappa shape index (κ1) is 35.9. The highest BCUT2D eigenvalue weighted by atomic mass is 16.5. The number of benzene rings is 9. The zero-order valence-corrected chi connectivity index (χ0v) is 31.6. The third kappa shape index (κ3) is 8.23. The minimum absolute atomic E-state index is 0.576. The van der Waals surface area contributed by atoms with Crippen molar-refractivity contribution >= 4 is 0 Å². The first-order chi connectivity index (χ1) is 28.7. The van der Waals surface area contributed by atoms with Crippen LogP contribution in [0, 0.1) is 0 Å². The van der Waals surface area contributed by atoms with Gasteiger partial charge < -0.3 is 18.9 Å². The van der Waals surface area contributed by atoms with Crippen LogP contribution in [-0.2, 0) is 0 Å². The molecule has 0 aliphatic carbocycles. The number of para-hydroxylation sites is 3. The Morgan fingerprint density at radius 2 is 0.655 bits per heavy atom. The summed E-state index contributed by atoms with van der Waals surface area (Å²) in [6.07, 6.45) is 0. The van der Waals surface area contributed by atoms with E-state index in [2.05, 4.69) is 84.9 Å². The average molecular weight is 751 g/mol. The summed E-state index contributed by atoms with van der Waals surface area (Å²) < 4.78 is 26.4. The zero-order valence-electron chi connectivity index (χ0n) is 31.6. The van der Waals surface area contributed by atoms with E-state index in [0.29, 0.717) is 34.5 Å². The van der Waals surface area contributed by atoms with Gasteiger partial charge in [0.1, 0.15) is 34.5 Å². The minimum atomic E-state index is 0.576. The predicted molar refractivity (Wildman–Crippen MR) is 234 cm³/mol. The maximum Gasteiger partial charge on any atom is 0.170 e. The molecule has 0 heterocycles. The van der Waals surface area contributed by atoms with Crippen molar-refractivity contribution in [3.05, 3.63) is 231 Å². The van der Waals surface area contributed by atoms with Crippen molar-refractivity contribution in [1.82, 2.24) is 0 Å². The number of rotatable bonds is 12. The summed E-state index contributed by atoms with van der Waals surface area (Å²) in [5.74, 6) is 5.28. The summed E-state index contributed by atoms with van der Waals surface area (Å²) in [6, 6.07) is 76.8. The lowest BCUT2D eigenvalue weighted by molar-refractivity contribution is 0.417. The van der Waals surface area contributed by atoms with Crippen molar-refractivity contribution in [2.75, 3.05) is 0 Å². The van der Waals surface area contributed by atoms with Crippen molar-refractivity contribution < 1.29 is 18.9 Å². The van der Waals surface area contributed by atoms with Crippen molar-refractivity contribution in [3.8, 4) is 90.5 Å². The molecule has 4 nitrogen and oxygen atoms in total. The van der Waals surface area contributed by atoms with E-state index in [9.17, 15) is 0 Å². The number of hydrogen-bond acceptors (Lipinski definition) is 4. The summed E-state index contributed by atoms with van der Waals surface area (Å²) in [6.45, 7) is 0. The summed E-state index contributed by atoms with van der Waals surface area (Å²) in [5, 5.41) is 0. The molecule has 0 N–H and O–H groups in total. The van der Waals surface area contributed by atoms with Gasteiger partial charge in [-0.25, -0.2) is 0 Å². The van der Waals surface area contributed by atoms with Crippen LogP contribution in [-0.4, -0.2) is 0 Å². The Morgan fingerprint density at radius 3 is 1.31 bits per heavy atom. The van der Waals surface area contributed by atoms with Gasteiger partial charge in [0.2, 0.25) is 0 Å². The molecule has 0 atom stereocenters. The topological polar surface area (TPSA) is 36.9 Å². The lowest BCUT2D eigenvalue weighted by Gasteiger charge is -2.21. The van der Waals surface area contributed by atoms with Gasteiger partial charge in [-0.1, -0.05) is 152 Å². The van der Waals surface area contributed by atoms with Crippen LogP contribution in [0.4, 0.5) is 0 Å². The van der Waals surface area contributed by atoms with Crippen molar-refractivity contribution in [2.24, 2.45) is 0 Å². The van der Waals surface area contributed by atoms with E-state index in [1.165, 1.54) is 11.1 Å². The fourth-order valence-corrected chi connectivity index (χ4v) is 6.91. The Hall–Kier alpha value is -7.82. The van der Waals surface area contributed by atoms with Crippen LogP contribution in [0.25, 0.3) is 44.5 Å². The zero-order chi connectivity index (χ0) is 38.9. The normalized spacial score (nSPS) is 10.8. The molecule has 0 saturated heterocycles. The van der Waals surface area contributed by atoms with E-state index < -0.39 is 0 Å². The van der Waals surface area contributed by atoms with Gasteiger partial charge in [0.25, 0.3) is 0 Å². The van der Waals surface area contributed by atoms with E-state index in [-0.39, 0.29) is 0 Å². The average Bonchev–Trinajstić information content (AvgIpc) is 3.29. The first-order valence-corrected chi connectivity index (χ1v) is 19.2. The Morgan fingerprint density at radius 1 is 0.224 bits per heavy atom. The molecule has 0 saturated carbocycles. The van der Waals surface area contributed by atoms with Crippen LogP contribution >= 0.6 is 0 Å². The second-order valence-corrected chi connectivity index (χ2v) is 13.7. The van der Waals surface area contributed by atoms with Crippen molar-refractivity contribution in [2.45, 2.75) is 0 Å². The smallest absolute Gasteiger partial charge is 0.170 e. The third-order valence-corrected chi connectivity index (χ3v) is 9.72. The summed E-state index contributed by atoms with van der Waals surface area (Å²) in [7, 11) is 0. The molecule has 9 aromatic carbocycles. The van der Waals surface area contributed by atoms with Crippen LogP contribution in [0.15, 0.2) is 231 Å². The molecule has 58 heavy (non-hydrogen) atoms. The molecular formula is C54H38O4. The maximum atomic E-state index is 6.96. The Bertz CT molecular complexity index is 2750. The van der Waals surface area contributed by atoms with Gasteiger partial charge in [-0.15, -0.1) is 0 Å². The molecule has 0 spiro atoms. The SMILES string of the molecule is c1ccc(Oc2ccccc2Oc2c(-c3ccccc3)ccc(Oc3ccc(Oc4cccc(-c5cccc(-c6ccccc6)c5)c4)cc3)c2-c2ccccc2)cc1. The van der Waals surface area contributed by atoms with E-state index >= 15 is 0 Å². The van der Waals surface area contributed by atoms with Gasteiger partial charge in [-0.2, -0.15) is 0 Å². The highest BCUT2D eigenvalue weighted by Gasteiger charge is 2.22. The van der Waals surface area contributed by atoms with Gasteiger partial charge in [-0.3, -0.25) is 0 Å². The number of ether oxygens (including phenoxy) is 4. The highest BCUT2D eigenvalue weighted by molar-refractivity contribution is 5.87. The minimum Gasteiger partial charge on any atom is -0.457 e. The van der Waals surface area contributed by atoms with Crippen LogP contribution in [0.2, 0.25) is 0 Å². The molecule has 9 rings (SSSR count). The van der Waals surface area contributed by atoms with Gasteiger partial charge >= 0.3 is 0 Å². The molecule has 0 amide bonds. The largest absolute Gasteiger partial charge is 0.457 e. The van der Waals surface area contributed by atoms with E-state index in [1.807, 2.05) is 146 Å². The molecule has 0 radical (unpaired) electrons. The fraction of sp³-hybridized carbons (Fsp3) is 0. The number of hydrogen-bond donors (Lipinski definition) is 0. The molecule has 0 unspecified atom stereocenters. The van der Waals surface area contributed by atoms with Crippen LogP contribution in [0.1, 0.15) is 0 Å². The molecule has 0 aliphatic heterocycles. The lowest BCUT2D eigenvalue weighted by atomic mass is 9.96.